The minimum atomic E-state index is -2.52. The number of thiazole rings is 1. The lowest BCUT2D eigenvalue weighted by Gasteiger charge is -2.10. The van der Waals surface area contributed by atoms with Gasteiger partial charge < -0.3 is 4.98 Å². The van der Waals surface area contributed by atoms with Crippen molar-refractivity contribution in [1.29, 1.82) is 0 Å². The molecule has 0 spiro atoms. The van der Waals surface area contributed by atoms with E-state index in [2.05, 4.69) is 19.9 Å². The highest BCUT2D eigenvalue weighted by molar-refractivity contribution is 7.98. The lowest BCUT2D eigenvalue weighted by molar-refractivity contribution is 0.151. The molecule has 0 atom stereocenters. The van der Waals surface area contributed by atoms with E-state index in [1.54, 1.807) is 12.1 Å². The molecule has 0 amide bonds. The maximum Gasteiger partial charge on any atom is 0.279 e. The van der Waals surface area contributed by atoms with Crippen LogP contribution in [0.5, 0.6) is 0 Å². The highest BCUT2D eigenvalue weighted by Crippen LogP contribution is 2.26. The number of alkyl halides is 2. The summed E-state index contributed by atoms with van der Waals surface area (Å²) in [6.45, 7) is 0. The molecule has 0 saturated heterocycles. The van der Waals surface area contributed by atoms with E-state index in [4.69, 9.17) is 0 Å². The molecule has 0 radical (unpaired) electrons. The topological polar surface area (TPSA) is 93.5 Å². The molecule has 0 aliphatic heterocycles. The van der Waals surface area contributed by atoms with E-state index in [9.17, 15) is 18.4 Å². The first-order chi connectivity index (χ1) is 13.5. The Balaban J connectivity index is 1.73. The fourth-order valence-corrected chi connectivity index (χ4v) is 4.06. The maximum absolute atomic E-state index is 12.9. The van der Waals surface area contributed by atoms with Gasteiger partial charge in [-0.05, 0) is 5.56 Å². The number of H-pyrrole nitrogens is 1. The van der Waals surface area contributed by atoms with Crippen LogP contribution in [-0.4, -0.2) is 24.5 Å². The monoisotopic (exact) mass is 419 g/mol. The number of aromatic amines is 1. The van der Waals surface area contributed by atoms with E-state index in [-0.39, 0.29) is 16.9 Å². The lowest BCUT2D eigenvalue weighted by Crippen LogP contribution is -2.23. The molecule has 4 rings (SSSR count). The summed E-state index contributed by atoms with van der Waals surface area (Å²) in [6, 6.07) is 5.95. The van der Waals surface area contributed by atoms with Crippen LogP contribution in [0.15, 0.2) is 56.9 Å². The molecule has 3 aromatic heterocycles. The largest absolute Gasteiger partial charge is 0.324 e. The SMILES string of the molecule is O=c1cnc(-n2c(SCc3ccc(C(F)F)cc3)nc3ncsc3c2=O)c[nH]1. The highest BCUT2D eigenvalue weighted by atomic mass is 32.2. The van der Waals surface area contributed by atoms with Crippen molar-refractivity contribution in [3.63, 3.8) is 0 Å². The minimum absolute atomic E-state index is 0.0508. The quantitative estimate of drug-likeness (QED) is 0.395. The number of rotatable bonds is 5. The summed E-state index contributed by atoms with van der Waals surface area (Å²) >= 11 is 2.41. The highest BCUT2D eigenvalue weighted by Gasteiger charge is 2.16. The van der Waals surface area contributed by atoms with Crippen LogP contribution in [0.3, 0.4) is 0 Å². The summed E-state index contributed by atoms with van der Waals surface area (Å²) in [5, 5.41) is 0.334. The Bertz CT molecular complexity index is 1230. The van der Waals surface area contributed by atoms with E-state index in [0.717, 1.165) is 11.8 Å². The molecule has 0 aliphatic carbocycles. The molecule has 4 aromatic rings. The summed E-state index contributed by atoms with van der Waals surface area (Å²) in [5.41, 5.74) is 1.86. The predicted molar refractivity (Wildman–Crippen MR) is 102 cm³/mol. The first-order valence-electron chi connectivity index (χ1n) is 7.94. The fraction of sp³-hybridized carbons (Fsp3) is 0.118. The number of fused-ring (bicyclic) bond motifs is 1. The van der Waals surface area contributed by atoms with Crippen molar-refractivity contribution in [2.45, 2.75) is 17.3 Å². The summed E-state index contributed by atoms with van der Waals surface area (Å²) in [7, 11) is 0. The van der Waals surface area contributed by atoms with Gasteiger partial charge in [-0.3, -0.25) is 9.59 Å². The van der Waals surface area contributed by atoms with E-state index in [0.29, 0.717) is 21.3 Å². The van der Waals surface area contributed by atoms with Crippen LogP contribution in [0.4, 0.5) is 8.78 Å². The van der Waals surface area contributed by atoms with E-state index < -0.39 is 12.0 Å². The first kappa shape index (κ1) is 18.4. The molecule has 0 unspecified atom stereocenters. The van der Waals surface area contributed by atoms with Crippen molar-refractivity contribution < 1.29 is 8.78 Å². The van der Waals surface area contributed by atoms with Crippen LogP contribution in [0.25, 0.3) is 16.2 Å². The molecular formula is C17H11F2N5O2S2. The van der Waals surface area contributed by atoms with Crippen LogP contribution in [0.1, 0.15) is 17.6 Å². The summed E-state index contributed by atoms with van der Waals surface area (Å²) in [4.78, 5) is 39.2. The van der Waals surface area contributed by atoms with Gasteiger partial charge in [0.05, 0.1) is 11.7 Å². The van der Waals surface area contributed by atoms with Crippen LogP contribution < -0.4 is 11.1 Å². The fourth-order valence-electron chi connectivity index (χ4n) is 2.46. The smallest absolute Gasteiger partial charge is 0.279 e. The first-order valence-corrected chi connectivity index (χ1v) is 9.80. The lowest BCUT2D eigenvalue weighted by atomic mass is 10.2. The van der Waals surface area contributed by atoms with Gasteiger partial charge in [0.15, 0.2) is 16.6 Å². The van der Waals surface area contributed by atoms with Crippen molar-refractivity contribution >= 4 is 33.4 Å². The van der Waals surface area contributed by atoms with Gasteiger partial charge in [0.2, 0.25) is 0 Å². The number of aromatic nitrogens is 5. The Morgan fingerprint density at radius 3 is 2.64 bits per heavy atom. The Hall–Kier alpha value is -2.92. The molecule has 0 saturated carbocycles. The van der Waals surface area contributed by atoms with Gasteiger partial charge in [0.1, 0.15) is 4.70 Å². The second kappa shape index (κ2) is 7.60. The molecule has 0 bridgehead atoms. The zero-order valence-electron chi connectivity index (χ0n) is 14.0. The van der Waals surface area contributed by atoms with Crippen molar-refractivity contribution in [2.24, 2.45) is 0 Å². The van der Waals surface area contributed by atoms with Crippen molar-refractivity contribution in [1.82, 2.24) is 24.5 Å². The van der Waals surface area contributed by atoms with Crippen molar-refractivity contribution in [3.05, 3.63) is 74.0 Å². The van der Waals surface area contributed by atoms with Crippen LogP contribution in [0, 0.1) is 0 Å². The van der Waals surface area contributed by atoms with E-state index >= 15 is 0 Å². The van der Waals surface area contributed by atoms with E-state index in [1.807, 2.05) is 0 Å². The number of hydrogen-bond donors (Lipinski definition) is 1. The number of thioether (sulfide) groups is 1. The van der Waals surface area contributed by atoms with Gasteiger partial charge in [-0.2, -0.15) is 0 Å². The normalized spacial score (nSPS) is 11.4. The Morgan fingerprint density at radius 2 is 1.96 bits per heavy atom. The molecule has 0 aliphatic rings. The number of hydrogen-bond acceptors (Lipinski definition) is 7. The van der Waals surface area contributed by atoms with Gasteiger partial charge in [-0.1, -0.05) is 36.0 Å². The number of benzene rings is 1. The average Bonchev–Trinajstić information content (AvgIpc) is 3.17. The third-order valence-corrected chi connectivity index (χ3v) is 5.64. The second-order valence-electron chi connectivity index (χ2n) is 5.64. The summed E-state index contributed by atoms with van der Waals surface area (Å²) in [6.07, 6.45) is -0.109. The zero-order valence-corrected chi connectivity index (χ0v) is 15.6. The molecule has 1 aromatic carbocycles. The van der Waals surface area contributed by atoms with Gasteiger partial charge >= 0.3 is 0 Å². The Labute approximate surface area is 164 Å². The zero-order chi connectivity index (χ0) is 19.7. The molecule has 1 N–H and O–H groups in total. The van der Waals surface area contributed by atoms with Gasteiger partial charge in [-0.15, -0.1) is 11.3 Å². The molecule has 11 heteroatoms. The third kappa shape index (κ3) is 3.58. The number of nitrogens with one attached hydrogen (secondary N) is 1. The van der Waals surface area contributed by atoms with Crippen molar-refractivity contribution in [2.75, 3.05) is 0 Å². The predicted octanol–water partition coefficient (Wildman–Crippen LogP) is 3.16. The molecule has 142 valence electrons. The van der Waals surface area contributed by atoms with Crippen LogP contribution >= 0.6 is 23.1 Å². The minimum Gasteiger partial charge on any atom is -0.324 e. The molecular weight excluding hydrogens is 408 g/mol. The molecule has 7 nitrogen and oxygen atoms in total. The maximum atomic E-state index is 12.9. The standard InChI is InChI=1S/C17H11F2N5O2S2/c18-14(19)10-3-1-9(2-4-10)7-27-17-23-15-13(28-8-22-15)16(26)24(17)11-5-21-12(25)6-20-11/h1-6,8,14H,7H2,(H,21,25). The number of halogens is 2. The van der Waals surface area contributed by atoms with Gasteiger partial charge in [0.25, 0.3) is 17.5 Å². The molecule has 28 heavy (non-hydrogen) atoms. The van der Waals surface area contributed by atoms with Gasteiger partial charge in [0, 0.05) is 17.5 Å². The second-order valence-corrected chi connectivity index (χ2v) is 7.44. The van der Waals surface area contributed by atoms with Crippen LogP contribution in [-0.2, 0) is 5.75 Å². The van der Waals surface area contributed by atoms with Gasteiger partial charge in [-0.25, -0.2) is 28.3 Å². The average molecular weight is 419 g/mol. The number of nitrogens with zero attached hydrogens (tertiary/aromatic N) is 4. The van der Waals surface area contributed by atoms with Crippen molar-refractivity contribution in [3.8, 4) is 5.82 Å². The third-order valence-electron chi connectivity index (χ3n) is 3.83. The van der Waals surface area contributed by atoms with Crippen LogP contribution in [0.2, 0.25) is 0 Å². The Kier molecular flexibility index (Phi) is 5.01. The summed E-state index contributed by atoms with van der Waals surface area (Å²) < 4.78 is 27.1. The molecule has 3 heterocycles. The molecule has 0 fully saturated rings. The van der Waals surface area contributed by atoms with E-state index in [1.165, 1.54) is 51.5 Å². The summed E-state index contributed by atoms with van der Waals surface area (Å²) in [5.74, 6) is 0.623. The Morgan fingerprint density at radius 1 is 1.18 bits per heavy atom.